The number of aliphatic hydroxyl groups is 3. The van der Waals surface area contributed by atoms with Crippen LogP contribution < -0.4 is 24.6 Å². The summed E-state index contributed by atoms with van der Waals surface area (Å²) in [4.78, 5) is 0. The number of aliphatic hydroxyl groups excluding tert-OH is 3. The summed E-state index contributed by atoms with van der Waals surface area (Å²) in [6.07, 6.45) is 16.5. The van der Waals surface area contributed by atoms with Crippen molar-refractivity contribution in [2.45, 2.75) is 199 Å². The molecule has 0 saturated heterocycles. The van der Waals surface area contributed by atoms with E-state index in [-0.39, 0.29) is 37.1 Å². The predicted molar refractivity (Wildman–Crippen MR) is 574 cm³/mol. The number of hydrogen-bond donors (Lipinski definition) is 6. The van der Waals surface area contributed by atoms with E-state index in [9.17, 15) is 15.3 Å². The molecule has 11 rings (SSSR count). The summed E-state index contributed by atoms with van der Waals surface area (Å²) in [5.41, 5.74) is 17.8. The molecular weight excluding hydrogens is 1880 g/mol. The van der Waals surface area contributed by atoms with Crippen LogP contribution in [0.3, 0.4) is 0 Å². The zero-order valence-corrected chi connectivity index (χ0v) is 89.1. The molecule has 13 nitrogen and oxygen atoms in total. The number of benzene rings is 11. The van der Waals surface area contributed by atoms with Crippen molar-refractivity contribution >= 4 is 103 Å². The van der Waals surface area contributed by atoms with Crippen LogP contribution in [0.5, 0.6) is 34.5 Å². The highest BCUT2D eigenvalue weighted by molar-refractivity contribution is 9.10. The smallest absolute Gasteiger partial charge is 0.223 e. The van der Waals surface area contributed by atoms with Gasteiger partial charge in [-0.1, -0.05) is 326 Å². The summed E-state index contributed by atoms with van der Waals surface area (Å²) in [5, 5.41) is 57.4. The van der Waals surface area contributed by atoms with Gasteiger partial charge in [0.15, 0.2) is 7.38 Å². The highest BCUT2D eigenvalue weighted by atomic mass is 79.9. The van der Waals surface area contributed by atoms with Crippen molar-refractivity contribution in [2.75, 3.05) is 67.6 Å². The number of phenolic OH excluding ortho intramolecular Hbond substituents is 3. The number of rotatable bonds is 33. The molecular formula is C112H152Br3ClO13Si2. The zero-order chi connectivity index (χ0) is 97.5. The summed E-state index contributed by atoms with van der Waals surface area (Å²) in [6, 6.07) is 87.5. The van der Waals surface area contributed by atoms with E-state index < -0.39 is 15.7 Å². The Morgan fingerprint density at radius 2 is 0.580 bits per heavy atom. The molecule has 6 N–H and O–H groups in total. The Hall–Kier alpha value is -8.68. The van der Waals surface area contributed by atoms with Gasteiger partial charge < -0.3 is 63.5 Å². The number of phenols is 3. The first-order valence-corrected chi connectivity index (χ1v) is 53.8. The molecule has 0 amide bonds. The third-order valence-corrected chi connectivity index (χ3v) is 32.0. The van der Waals surface area contributed by atoms with E-state index in [1.54, 1.807) is 76.8 Å². The Bertz CT molecular complexity index is 4430. The highest BCUT2D eigenvalue weighted by Crippen LogP contribution is 2.28. The number of aryl methyl sites for hydroxylation is 8. The number of hydrogen-bond acceptors (Lipinski definition) is 13. The standard InChI is InChI=1S/C25H36O4Si.C13H21ClOSi.2C12H16O3.C9H11BrO.4C8H10.C7H6Br2.C2H6O/c1-5-28-20-21-12-15-24(16-13-21)30(6-2,7-3)29-18-10-8-9-11-22-19-23(27-4)14-17-25(22)26;1-4-15-11-12-7-9-13(10-8-12)16(14,5-2)6-3;2*1-15-11-6-7-12(14)10(9-11)5-3-2-4-8-13;1-2-11-7-8-3-5-9(10)6-4-8;4*1-7-3-5-8(2)6-4-7;8-5-6-1-3-7(9)4-2-6;1-2-3/h9,11-17,19,26H,5-8,10,18,20H2,1-4H3;7-10H,4-6,11H2,1-3H3;2*3,5-7,9,13-14H,2,4,8H2,1H3;3-6H,2,7H2,1H3;4*3-6H,1-2H3;1-4H,5H2;3H,2H2,1H3/b11-9+;;2*5-3+;;;;;;;. The lowest BCUT2D eigenvalue weighted by Crippen LogP contribution is -2.49. The minimum Gasteiger partial charge on any atom is -0.507 e. The molecule has 714 valence electrons. The van der Waals surface area contributed by atoms with Crippen LogP contribution >= 0.6 is 58.9 Å². The summed E-state index contributed by atoms with van der Waals surface area (Å²) in [6.45, 7) is 39.1. The predicted octanol–water partition coefficient (Wildman–Crippen LogP) is 29.2. The van der Waals surface area contributed by atoms with Crippen molar-refractivity contribution in [3.8, 4) is 34.5 Å². The van der Waals surface area contributed by atoms with E-state index in [1.807, 2.05) is 81.5 Å². The summed E-state index contributed by atoms with van der Waals surface area (Å²) >= 11 is 16.8. The highest BCUT2D eigenvalue weighted by Gasteiger charge is 2.33. The third kappa shape index (κ3) is 55.6. The van der Waals surface area contributed by atoms with E-state index in [4.69, 9.17) is 59.2 Å². The first-order valence-electron chi connectivity index (χ1n) is 45.4. The van der Waals surface area contributed by atoms with Crippen LogP contribution in [0.1, 0.15) is 177 Å². The number of halogens is 4. The second-order valence-electron chi connectivity index (χ2n) is 30.7. The Morgan fingerprint density at radius 1 is 0.328 bits per heavy atom. The van der Waals surface area contributed by atoms with Gasteiger partial charge in [0.05, 0.1) is 41.2 Å². The van der Waals surface area contributed by atoms with Crippen molar-refractivity contribution in [3.05, 3.63) is 359 Å². The normalized spacial score (nSPS) is 10.5. The Kier molecular flexibility index (Phi) is 68.6. The molecule has 0 aliphatic heterocycles. The fraction of sp³-hybridized carbons (Fsp3) is 0.357. The van der Waals surface area contributed by atoms with Gasteiger partial charge in [-0.15, -0.1) is 0 Å². The minimum absolute atomic E-state index is 0.189. The molecule has 0 heterocycles. The van der Waals surface area contributed by atoms with Crippen molar-refractivity contribution in [1.82, 2.24) is 0 Å². The zero-order valence-electron chi connectivity index (χ0n) is 81.5. The molecule has 131 heavy (non-hydrogen) atoms. The average Bonchev–Trinajstić information content (AvgIpc) is 0.797. The SMILES string of the molecule is BrCc1ccc(Br)cc1.CCO.CCOCc1ccc(Br)cc1.CCOCc1ccc([Si](CC)(CC)OCCC/C=C/c2cc(OC)ccc2O)cc1.CCOCc1ccc([Si](Cl)(CC)CC)cc1.COc1ccc(O)c(/C=C/CCCO)c1.COc1ccc(O)c(/C=C/CCCO)c1.Cc1ccc(C)cc1.Cc1ccc(C)cc1.Cc1ccc(C)cc1.Cc1ccc(C)cc1. The monoisotopic (exact) mass is 2030 g/mol. The van der Waals surface area contributed by atoms with E-state index >= 15 is 0 Å². The molecule has 0 radical (unpaired) electrons. The topological polar surface area (TPSA) is 186 Å². The number of allylic oxidation sites excluding steroid dienone is 3. The van der Waals surface area contributed by atoms with Gasteiger partial charge in [-0.3, -0.25) is 0 Å². The van der Waals surface area contributed by atoms with Crippen LogP contribution in [0, 0.1) is 55.4 Å². The van der Waals surface area contributed by atoms with Gasteiger partial charge in [-0.05, 0) is 257 Å². The lowest BCUT2D eigenvalue weighted by Gasteiger charge is -2.30. The molecule has 19 heteroatoms. The van der Waals surface area contributed by atoms with E-state index in [0.29, 0.717) is 19.8 Å². The molecule has 0 aliphatic carbocycles. The molecule has 0 bridgehead atoms. The maximum Gasteiger partial charge on any atom is 0.223 e. The van der Waals surface area contributed by atoms with Crippen molar-refractivity contribution in [3.63, 3.8) is 0 Å². The molecule has 0 atom stereocenters. The maximum atomic E-state index is 9.96. The fourth-order valence-electron chi connectivity index (χ4n) is 11.7. The quantitative estimate of drug-likeness (QED) is 0.00989. The lowest BCUT2D eigenvalue weighted by molar-refractivity contribution is 0.134. The molecule has 0 aliphatic rings. The molecule has 0 spiro atoms. The molecule has 11 aromatic carbocycles. The van der Waals surface area contributed by atoms with Crippen LogP contribution in [0.2, 0.25) is 24.2 Å². The van der Waals surface area contributed by atoms with E-state index in [2.05, 4.69) is 307 Å². The summed E-state index contributed by atoms with van der Waals surface area (Å²) < 4.78 is 40.2. The number of methoxy groups -OCH3 is 3. The van der Waals surface area contributed by atoms with E-state index in [1.165, 1.54) is 77.1 Å². The van der Waals surface area contributed by atoms with E-state index in [0.717, 1.165) is 137 Å². The van der Waals surface area contributed by atoms with Gasteiger partial charge in [0.25, 0.3) is 0 Å². The second kappa shape index (κ2) is 74.7. The number of ether oxygens (including phenoxy) is 6. The van der Waals surface area contributed by atoms with Crippen LogP contribution in [-0.2, 0) is 43.8 Å². The van der Waals surface area contributed by atoms with Gasteiger partial charge in [0.2, 0.25) is 8.32 Å². The van der Waals surface area contributed by atoms with Gasteiger partial charge in [-0.2, -0.15) is 11.1 Å². The Balaban J connectivity index is 0.000000751. The Labute approximate surface area is 820 Å². The Morgan fingerprint density at radius 3 is 0.817 bits per heavy atom. The van der Waals surface area contributed by atoms with Gasteiger partial charge in [0, 0.05) is 77.2 Å². The van der Waals surface area contributed by atoms with Gasteiger partial charge >= 0.3 is 0 Å². The second-order valence-corrected chi connectivity index (χ2v) is 43.5. The number of aromatic hydroxyl groups is 3. The van der Waals surface area contributed by atoms with Crippen LogP contribution in [0.15, 0.2) is 276 Å². The number of alkyl halides is 1. The first kappa shape index (κ1) is 120. The lowest BCUT2D eigenvalue weighted by atomic mass is 10.1. The van der Waals surface area contributed by atoms with Crippen LogP contribution in [0.25, 0.3) is 18.2 Å². The van der Waals surface area contributed by atoms with Crippen molar-refractivity contribution in [1.29, 1.82) is 0 Å². The molecule has 0 saturated carbocycles. The minimum atomic E-state index is -1.94. The summed E-state index contributed by atoms with van der Waals surface area (Å²) in [5.74, 6) is 2.90. The van der Waals surface area contributed by atoms with Crippen molar-refractivity contribution in [2.24, 2.45) is 0 Å². The van der Waals surface area contributed by atoms with Gasteiger partial charge in [-0.25, -0.2) is 0 Å². The summed E-state index contributed by atoms with van der Waals surface area (Å²) in [7, 11) is 1.17. The first-order chi connectivity index (χ1) is 63.0. The molecule has 0 aromatic heterocycles. The number of unbranched alkanes of at least 4 members (excludes halogenated alkanes) is 3. The largest absolute Gasteiger partial charge is 0.507 e. The third-order valence-electron chi connectivity index (χ3n) is 20.0. The average molecular weight is 2040 g/mol. The molecule has 11 aromatic rings. The van der Waals surface area contributed by atoms with Gasteiger partial charge in [0.1, 0.15) is 34.5 Å². The van der Waals surface area contributed by atoms with Crippen LogP contribution in [-0.4, -0.2) is 114 Å². The molecule has 0 fully saturated rings. The molecule has 0 unspecified atom stereocenters. The van der Waals surface area contributed by atoms with Crippen LogP contribution in [0.4, 0.5) is 0 Å². The fourth-order valence-corrected chi connectivity index (χ4v) is 18.2. The van der Waals surface area contributed by atoms with Crippen molar-refractivity contribution < 1.29 is 63.5 Å². The maximum absolute atomic E-state index is 9.96.